The number of likely N-dealkylation sites (N-methyl/N-ethyl adjacent to an activating group) is 1. The van der Waals surface area contributed by atoms with E-state index in [9.17, 15) is 9.59 Å². The van der Waals surface area contributed by atoms with Crippen LogP contribution in [0.1, 0.15) is 18.5 Å². The van der Waals surface area contributed by atoms with Crippen LogP contribution in [-0.4, -0.2) is 35.3 Å². The second kappa shape index (κ2) is 6.85. The Morgan fingerprint density at radius 1 is 1.41 bits per heavy atom. The SMILES string of the molecule is C=CC(=O)N(C)CC(=O)N[C@H](C)c1cccc2cnccc12. The lowest BCUT2D eigenvalue weighted by Gasteiger charge is -2.19. The lowest BCUT2D eigenvalue weighted by Crippen LogP contribution is -2.38. The standard InChI is InChI=1S/C17H19N3O2/c1-4-17(22)20(3)11-16(21)19-12(2)14-7-5-6-13-10-18-9-8-15(13)14/h4-10,12H,1,11H2,2-3H3,(H,19,21)/t12-/m1/s1. The Morgan fingerprint density at radius 2 is 2.18 bits per heavy atom. The van der Waals surface area contributed by atoms with Gasteiger partial charge in [-0.05, 0) is 30.0 Å². The van der Waals surface area contributed by atoms with Gasteiger partial charge in [0.1, 0.15) is 0 Å². The van der Waals surface area contributed by atoms with E-state index in [1.807, 2.05) is 31.2 Å². The molecule has 1 aromatic heterocycles. The summed E-state index contributed by atoms with van der Waals surface area (Å²) in [4.78, 5) is 28.9. The van der Waals surface area contributed by atoms with E-state index in [2.05, 4.69) is 16.9 Å². The summed E-state index contributed by atoms with van der Waals surface area (Å²) in [5.41, 5.74) is 1.02. The van der Waals surface area contributed by atoms with Crippen LogP contribution in [0.15, 0.2) is 49.3 Å². The first-order valence-electron chi connectivity index (χ1n) is 7.02. The van der Waals surface area contributed by atoms with Crippen LogP contribution in [-0.2, 0) is 9.59 Å². The maximum atomic E-state index is 12.0. The number of aromatic nitrogens is 1. The molecule has 0 aliphatic heterocycles. The van der Waals surface area contributed by atoms with Crippen molar-refractivity contribution in [2.24, 2.45) is 0 Å². The largest absolute Gasteiger partial charge is 0.348 e. The second-order valence-corrected chi connectivity index (χ2v) is 5.13. The Balaban J connectivity index is 2.11. The van der Waals surface area contributed by atoms with Gasteiger partial charge in [0.15, 0.2) is 0 Å². The fraction of sp³-hybridized carbons (Fsp3) is 0.235. The van der Waals surface area contributed by atoms with Crippen LogP contribution >= 0.6 is 0 Å². The molecule has 1 N–H and O–H groups in total. The highest BCUT2D eigenvalue weighted by molar-refractivity contribution is 5.91. The summed E-state index contributed by atoms with van der Waals surface area (Å²) >= 11 is 0. The molecular formula is C17H19N3O2. The normalized spacial score (nSPS) is 11.7. The monoisotopic (exact) mass is 297 g/mol. The lowest BCUT2D eigenvalue weighted by molar-refractivity contribution is -0.131. The number of fused-ring (bicyclic) bond motifs is 1. The number of benzene rings is 1. The molecule has 0 aliphatic rings. The van der Waals surface area contributed by atoms with E-state index in [4.69, 9.17) is 0 Å². The van der Waals surface area contributed by atoms with E-state index in [-0.39, 0.29) is 24.4 Å². The molecule has 5 heteroatoms. The molecule has 0 fully saturated rings. The summed E-state index contributed by atoms with van der Waals surface area (Å²) < 4.78 is 0. The first-order valence-corrected chi connectivity index (χ1v) is 7.02. The third-order valence-corrected chi connectivity index (χ3v) is 3.49. The van der Waals surface area contributed by atoms with Crippen molar-refractivity contribution in [3.63, 3.8) is 0 Å². The predicted molar refractivity (Wildman–Crippen MR) is 86.1 cm³/mol. The molecule has 1 aromatic carbocycles. The van der Waals surface area contributed by atoms with E-state index in [1.165, 1.54) is 11.0 Å². The van der Waals surface area contributed by atoms with E-state index in [1.54, 1.807) is 19.4 Å². The van der Waals surface area contributed by atoms with Crippen molar-refractivity contribution in [1.29, 1.82) is 0 Å². The third kappa shape index (κ3) is 3.49. The fourth-order valence-electron chi connectivity index (χ4n) is 2.34. The van der Waals surface area contributed by atoms with Crippen LogP contribution in [0, 0.1) is 0 Å². The second-order valence-electron chi connectivity index (χ2n) is 5.13. The highest BCUT2D eigenvalue weighted by Gasteiger charge is 2.15. The van der Waals surface area contributed by atoms with Crippen LogP contribution in [0.2, 0.25) is 0 Å². The quantitative estimate of drug-likeness (QED) is 0.859. The molecule has 0 aliphatic carbocycles. The molecule has 0 bridgehead atoms. The topological polar surface area (TPSA) is 62.3 Å². The van der Waals surface area contributed by atoms with Crippen LogP contribution in [0.25, 0.3) is 10.8 Å². The van der Waals surface area contributed by atoms with Crippen molar-refractivity contribution in [2.75, 3.05) is 13.6 Å². The summed E-state index contributed by atoms with van der Waals surface area (Å²) in [6.07, 6.45) is 4.72. The van der Waals surface area contributed by atoms with Gasteiger partial charge in [0.05, 0.1) is 12.6 Å². The predicted octanol–water partition coefficient (Wildman–Crippen LogP) is 2.06. The zero-order chi connectivity index (χ0) is 16.1. The summed E-state index contributed by atoms with van der Waals surface area (Å²) in [6.45, 7) is 5.32. The average molecular weight is 297 g/mol. The molecule has 0 saturated carbocycles. The smallest absolute Gasteiger partial charge is 0.246 e. The van der Waals surface area contributed by atoms with Gasteiger partial charge in [-0.15, -0.1) is 0 Å². The third-order valence-electron chi connectivity index (χ3n) is 3.49. The number of hydrogen-bond acceptors (Lipinski definition) is 3. The van der Waals surface area contributed by atoms with Crippen molar-refractivity contribution in [2.45, 2.75) is 13.0 Å². The molecule has 2 rings (SSSR count). The summed E-state index contributed by atoms with van der Waals surface area (Å²) in [5.74, 6) is -0.490. The minimum atomic E-state index is -0.279. The van der Waals surface area contributed by atoms with Gasteiger partial charge < -0.3 is 10.2 Å². The molecule has 0 radical (unpaired) electrons. The first-order chi connectivity index (χ1) is 10.5. The number of amides is 2. The maximum absolute atomic E-state index is 12.0. The van der Waals surface area contributed by atoms with Gasteiger partial charge in [-0.1, -0.05) is 24.8 Å². The van der Waals surface area contributed by atoms with Crippen molar-refractivity contribution in [1.82, 2.24) is 15.2 Å². The van der Waals surface area contributed by atoms with E-state index in [0.717, 1.165) is 16.3 Å². The van der Waals surface area contributed by atoms with E-state index >= 15 is 0 Å². The molecule has 0 saturated heterocycles. The molecule has 2 amide bonds. The van der Waals surface area contributed by atoms with Crippen LogP contribution in [0.5, 0.6) is 0 Å². The number of carbonyl (C=O) groups excluding carboxylic acids is 2. The first kappa shape index (κ1) is 15.7. The van der Waals surface area contributed by atoms with Crippen LogP contribution < -0.4 is 5.32 Å². The number of carbonyl (C=O) groups is 2. The Hall–Kier alpha value is -2.69. The number of pyridine rings is 1. The molecule has 22 heavy (non-hydrogen) atoms. The maximum Gasteiger partial charge on any atom is 0.246 e. The Morgan fingerprint density at radius 3 is 2.91 bits per heavy atom. The molecule has 114 valence electrons. The summed E-state index contributed by atoms with van der Waals surface area (Å²) in [7, 11) is 1.57. The fourth-order valence-corrected chi connectivity index (χ4v) is 2.34. The highest BCUT2D eigenvalue weighted by atomic mass is 16.2. The molecule has 5 nitrogen and oxygen atoms in total. The van der Waals surface area contributed by atoms with Gasteiger partial charge in [0.2, 0.25) is 11.8 Å². The molecule has 0 unspecified atom stereocenters. The van der Waals surface area contributed by atoms with Crippen molar-refractivity contribution in [3.8, 4) is 0 Å². The lowest BCUT2D eigenvalue weighted by atomic mass is 10.0. The number of hydrogen-bond donors (Lipinski definition) is 1. The van der Waals surface area contributed by atoms with Gasteiger partial charge >= 0.3 is 0 Å². The van der Waals surface area contributed by atoms with Crippen molar-refractivity contribution < 1.29 is 9.59 Å². The number of rotatable bonds is 5. The highest BCUT2D eigenvalue weighted by Crippen LogP contribution is 2.23. The van der Waals surface area contributed by atoms with E-state index < -0.39 is 0 Å². The molecule has 0 spiro atoms. The van der Waals surface area contributed by atoms with Gasteiger partial charge in [-0.3, -0.25) is 14.6 Å². The van der Waals surface area contributed by atoms with Gasteiger partial charge in [-0.2, -0.15) is 0 Å². The summed E-state index contributed by atoms with van der Waals surface area (Å²) in [6, 6.07) is 7.67. The van der Waals surface area contributed by atoms with Gasteiger partial charge in [0.25, 0.3) is 0 Å². The minimum absolute atomic E-state index is 0.00150. The Labute approximate surface area is 129 Å². The zero-order valence-electron chi connectivity index (χ0n) is 12.7. The van der Waals surface area contributed by atoms with Crippen molar-refractivity contribution in [3.05, 3.63) is 54.9 Å². The molecular weight excluding hydrogens is 278 g/mol. The zero-order valence-corrected chi connectivity index (χ0v) is 12.7. The van der Waals surface area contributed by atoms with Gasteiger partial charge in [-0.25, -0.2) is 0 Å². The van der Waals surface area contributed by atoms with E-state index in [0.29, 0.717) is 0 Å². The van der Waals surface area contributed by atoms with Gasteiger partial charge in [0, 0.05) is 24.8 Å². The Kier molecular flexibility index (Phi) is 4.88. The number of nitrogens with one attached hydrogen (secondary N) is 1. The molecule has 1 atom stereocenters. The average Bonchev–Trinajstić information content (AvgIpc) is 2.53. The number of nitrogens with zero attached hydrogens (tertiary/aromatic N) is 2. The summed E-state index contributed by atoms with van der Waals surface area (Å²) in [5, 5.41) is 4.99. The molecule has 2 aromatic rings. The minimum Gasteiger partial charge on any atom is -0.348 e. The van der Waals surface area contributed by atoms with Crippen molar-refractivity contribution >= 4 is 22.6 Å². The van der Waals surface area contributed by atoms with Crippen LogP contribution in [0.4, 0.5) is 0 Å². The van der Waals surface area contributed by atoms with Crippen LogP contribution in [0.3, 0.4) is 0 Å². The molecule has 1 heterocycles. The Bertz CT molecular complexity index is 707.